The van der Waals surface area contributed by atoms with E-state index in [4.69, 9.17) is 10.6 Å². The molecule has 0 saturated carbocycles. The largest absolute Gasteiger partial charge is 0.377 e. The summed E-state index contributed by atoms with van der Waals surface area (Å²) < 4.78 is 8.09. The smallest absolute Gasteiger partial charge is 0.210 e. The Hall–Kier alpha value is -1.05. The van der Waals surface area contributed by atoms with Gasteiger partial charge in [0.1, 0.15) is 0 Å². The molecule has 1 fully saturated rings. The lowest BCUT2D eigenvalue weighted by atomic mass is 10.2. The van der Waals surface area contributed by atoms with E-state index in [1.807, 2.05) is 24.3 Å². The lowest BCUT2D eigenvalue weighted by Gasteiger charge is -2.08. The molecular formula is C13H15BrN4OS. The van der Waals surface area contributed by atoms with Crippen molar-refractivity contribution in [2.75, 3.05) is 18.2 Å². The molecule has 0 bridgehead atoms. The first-order valence-electron chi connectivity index (χ1n) is 6.45. The number of halogens is 1. The summed E-state index contributed by atoms with van der Waals surface area (Å²) in [4.78, 5) is 0. The number of hydrogen-bond donors (Lipinski definition) is 1. The fraction of sp³-hybridized carbons (Fsp3) is 0.385. The molecule has 0 aliphatic carbocycles. The van der Waals surface area contributed by atoms with Gasteiger partial charge in [0.05, 0.1) is 6.10 Å². The zero-order chi connectivity index (χ0) is 13.9. The normalized spacial score (nSPS) is 18.6. The van der Waals surface area contributed by atoms with Crippen LogP contribution in [0, 0.1) is 0 Å². The van der Waals surface area contributed by atoms with Crippen LogP contribution >= 0.6 is 27.7 Å². The van der Waals surface area contributed by atoms with Crippen molar-refractivity contribution in [3.8, 4) is 11.4 Å². The molecule has 2 aromatic rings. The van der Waals surface area contributed by atoms with E-state index in [1.165, 1.54) is 0 Å². The maximum Gasteiger partial charge on any atom is 0.210 e. The van der Waals surface area contributed by atoms with E-state index in [-0.39, 0.29) is 0 Å². The van der Waals surface area contributed by atoms with Crippen LogP contribution < -0.4 is 5.84 Å². The SMILES string of the molecule is Nn1c(SCC2CCCO2)nnc1-c1ccccc1Br. The third-order valence-corrected chi connectivity index (χ3v) is 4.97. The molecule has 1 atom stereocenters. The average Bonchev–Trinajstić information content (AvgIpc) is 3.07. The lowest BCUT2D eigenvalue weighted by molar-refractivity contribution is 0.129. The molecule has 1 aliphatic rings. The first-order valence-corrected chi connectivity index (χ1v) is 8.23. The van der Waals surface area contributed by atoms with Crippen molar-refractivity contribution in [1.82, 2.24) is 14.9 Å². The van der Waals surface area contributed by atoms with Crippen molar-refractivity contribution in [2.24, 2.45) is 0 Å². The fourth-order valence-electron chi connectivity index (χ4n) is 2.14. The van der Waals surface area contributed by atoms with Gasteiger partial charge in [0.25, 0.3) is 0 Å². The van der Waals surface area contributed by atoms with Crippen LogP contribution in [0.25, 0.3) is 11.4 Å². The van der Waals surface area contributed by atoms with Crippen LogP contribution in [0.3, 0.4) is 0 Å². The van der Waals surface area contributed by atoms with E-state index >= 15 is 0 Å². The molecular weight excluding hydrogens is 340 g/mol. The Bertz CT molecular complexity index is 598. The predicted molar refractivity (Wildman–Crippen MR) is 83.0 cm³/mol. The monoisotopic (exact) mass is 354 g/mol. The van der Waals surface area contributed by atoms with Crippen molar-refractivity contribution >= 4 is 27.7 Å². The summed E-state index contributed by atoms with van der Waals surface area (Å²) in [6, 6.07) is 7.83. The van der Waals surface area contributed by atoms with Gasteiger partial charge in [-0.3, -0.25) is 0 Å². The second-order valence-corrected chi connectivity index (χ2v) is 6.44. The summed E-state index contributed by atoms with van der Waals surface area (Å²) >= 11 is 5.10. The average molecular weight is 355 g/mol. The van der Waals surface area contributed by atoms with Gasteiger partial charge < -0.3 is 10.6 Å². The predicted octanol–water partition coefficient (Wildman–Crippen LogP) is 2.69. The van der Waals surface area contributed by atoms with Crippen LogP contribution in [0.5, 0.6) is 0 Å². The quantitative estimate of drug-likeness (QED) is 0.675. The lowest BCUT2D eigenvalue weighted by Crippen LogP contribution is -2.14. The minimum absolute atomic E-state index is 0.309. The summed E-state index contributed by atoms with van der Waals surface area (Å²) in [7, 11) is 0. The summed E-state index contributed by atoms with van der Waals surface area (Å²) in [6.45, 7) is 0.864. The minimum Gasteiger partial charge on any atom is -0.377 e. The van der Waals surface area contributed by atoms with Gasteiger partial charge in [-0.25, -0.2) is 4.68 Å². The molecule has 0 amide bonds. The van der Waals surface area contributed by atoms with Gasteiger partial charge in [-0.05, 0) is 25.0 Å². The molecule has 1 aromatic carbocycles. The van der Waals surface area contributed by atoms with Gasteiger partial charge in [-0.2, -0.15) is 0 Å². The molecule has 0 spiro atoms. The van der Waals surface area contributed by atoms with E-state index in [1.54, 1.807) is 16.4 Å². The molecule has 3 rings (SSSR count). The number of hydrogen-bond acceptors (Lipinski definition) is 5. The molecule has 1 aromatic heterocycles. The zero-order valence-corrected chi connectivity index (χ0v) is 13.2. The van der Waals surface area contributed by atoms with Gasteiger partial charge in [0, 0.05) is 22.4 Å². The van der Waals surface area contributed by atoms with Gasteiger partial charge >= 0.3 is 0 Å². The molecule has 2 N–H and O–H groups in total. The Kier molecular flexibility index (Phi) is 4.28. The maximum atomic E-state index is 6.10. The second-order valence-electron chi connectivity index (χ2n) is 4.60. The molecule has 106 valence electrons. The van der Waals surface area contributed by atoms with Crippen LogP contribution in [-0.4, -0.2) is 33.3 Å². The molecule has 1 aliphatic heterocycles. The van der Waals surface area contributed by atoms with Crippen molar-refractivity contribution in [1.29, 1.82) is 0 Å². The number of nitrogens with two attached hydrogens (primary N) is 1. The maximum absolute atomic E-state index is 6.10. The number of nitrogens with zero attached hydrogens (tertiary/aromatic N) is 3. The Balaban J connectivity index is 1.76. The van der Waals surface area contributed by atoms with E-state index < -0.39 is 0 Å². The fourth-order valence-corrected chi connectivity index (χ4v) is 3.53. The van der Waals surface area contributed by atoms with Gasteiger partial charge in [0.15, 0.2) is 5.82 Å². The van der Waals surface area contributed by atoms with Crippen LogP contribution in [0.2, 0.25) is 0 Å². The van der Waals surface area contributed by atoms with Crippen LogP contribution in [-0.2, 0) is 4.74 Å². The third kappa shape index (κ3) is 2.84. The second kappa shape index (κ2) is 6.15. The molecule has 1 saturated heterocycles. The van der Waals surface area contributed by atoms with Gasteiger partial charge in [0.2, 0.25) is 5.16 Å². The zero-order valence-electron chi connectivity index (χ0n) is 10.8. The van der Waals surface area contributed by atoms with Crippen molar-refractivity contribution < 1.29 is 4.74 Å². The molecule has 20 heavy (non-hydrogen) atoms. The minimum atomic E-state index is 0.309. The van der Waals surface area contributed by atoms with Gasteiger partial charge in [-0.1, -0.05) is 39.8 Å². The molecule has 7 heteroatoms. The van der Waals surface area contributed by atoms with E-state index in [0.717, 1.165) is 35.2 Å². The molecule has 1 unspecified atom stereocenters. The summed E-state index contributed by atoms with van der Waals surface area (Å²) in [5.74, 6) is 7.62. The first kappa shape index (κ1) is 13.9. The van der Waals surface area contributed by atoms with Crippen LogP contribution in [0.1, 0.15) is 12.8 Å². The van der Waals surface area contributed by atoms with Crippen molar-refractivity contribution in [3.05, 3.63) is 28.7 Å². The molecule has 5 nitrogen and oxygen atoms in total. The number of benzene rings is 1. The highest BCUT2D eigenvalue weighted by Gasteiger charge is 2.19. The van der Waals surface area contributed by atoms with Crippen molar-refractivity contribution in [2.45, 2.75) is 24.1 Å². The number of nitrogen functional groups attached to an aromatic ring is 1. The highest BCUT2D eigenvalue weighted by atomic mass is 79.9. The number of rotatable bonds is 4. The number of thioether (sulfide) groups is 1. The summed E-state index contributed by atoms with van der Waals surface area (Å²) in [5, 5.41) is 9.07. The van der Waals surface area contributed by atoms with Crippen LogP contribution in [0.15, 0.2) is 33.9 Å². The van der Waals surface area contributed by atoms with Crippen LogP contribution in [0.4, 0.5) is 0 Å². The summed E-state index contributed by atoms with van der Waals surface area (Å²) in [5.41, 5.74) is 0.937. The molecule has 0 radical (unpaired) electrons. The first-order chi connectivity index (χ1) is 9.75. The van der Waals surface area contributed by atoms with Crippen molar-refractivity contribution in [3.63, 3.8) is 0 Å². The molecule has 2 heterocycles. The highest BCUT2D eigenvalue weighted by Crippen LogP contribution is 2.28. The van der Waals surface area contributed by atoms with E-state index in [0.29, 0.717) is 17.1 Å². The van der Waals surface area contributed by atoms with Gasteiger partial charge in [-0.15, -0.1) is 10.2 Å². The number of aromatic nitrogens is 3. The Morgan fingerprint density at radius 2 is 2.25 bits per heavy atom. The summed E-state index contributed by atoms with van der Waals surface area (Å²) in [6.07, 6.45) is 2.56. The third-order valence-electron chi connectivity index (χ3n) is 3.20. The van der Waals surface area contributed by atoms with E-state index in [2.05, 4.69) is 26.1 Å². The highest BCUT2D eigenvalue weighted by molar-refractivity contribution is 9.10. The van der Waals surface area contributed by atoms with E-state index in [9.17, 15) is 0 Å². The standard InChI is InChI=1S/C13H15BrN4OS/c14-11-6-2-1-5-10(11)12-16-17-13(18(12)15)20-8-9-4-3-7-19-9/h1-2,5-6,9H,3-4,7-8,15H2. The Morgan fingerprint density at radius 3 is 3.00 bits per heavy atom. The topological polar surface area (TPSA) is 66.0 Å². The Labute approximate surface area is 130 Å². The Morgan fingerprint density at radius 1 is 1.40 bits per heavy atom. The number of ether oxygens (including phenoxy) is 1.